The molecule has 1 aromatic heterocycles. The van der Waals surface area contributed by atoms with Gasteiger partial charge >= 0.3 is 12.0 Å². The predicted octanol–water partition coefficient (Wildman–Crippen LogP) is 1.41. The number of rotatable bonds is 5. The molecular weight excluding hydrogens is 286 g/mol. The molecule has 8 nitrogen and oxygen atoms in total. The van der Waals surface area contributed by atoms with Crippen LogP contribution in [0.1, 0.15) is 23.1 Å². The molecule has 0 saturated carbocycles. The number of nitrogens with zero attached hydrogens (tertiary/aromatic N) is 3. The third-order valence-corrected chi connectivity index (χ3v) is 2.99. The number of benzene rings is 1. The van der Waals surface area contributed by atoms with Gasteiger partial charge in [-0.3, -0.25) is 0 Å². The van der Waals surface area contributed by atoms with Crippen LogP contribution in [0, 0.1) is 0 Å². The highest BCUT2D eigenvalue weighted by molar-refractivity contribution is 5.93. The van der Waals surface area contributed by atoms with Crippen LogP contribution in [0.25, 0.3) is 0 Å². The molecule has 8 heteroatoms. The van der Waals surface area contributed by atoms with Crippen molar-refractivity contribution < 1.29 is 14.3 Å². The van der Waals surface area contributed by atoms with Gasteiger partial charge in [-0.1, -0.05) is 6.07 Å². The second-order valence-electron chi connectivity index (χ2n) is 4.41. The molecule has 22 heavy (non-hydrogen) atoms. The van der Waals surface area contributed by atoms with Gasteiger partial charge in [0.25, 0.3) is 0 Å². The maximum absolute atomic E-state index is 11.9. The quantitative estimate of drug-likeness (QED) is 0.814. The van der Waals surface area contributed by atoms with Gasteiger partial charge < -0.3 is 19.9 Å². The van der Waals surface area contributed by atoms with Crippen molar-refractivity contribution in [3.8, 4) is 0 Å². The summed E-state index contributed by atoms with van der Waals surface area (Å²) >= 11 is 0. The first-order valence-corrected chi connectivity index (χ1v) is 6.74. The minimum atomic E-state index is -0.458. The second kappa shape index (κ2) is 7.21. The first-order chi connectivity index (χ1) is 10.6. The molecule has 0 fully saturated rings. The first-order valence-electron chi connectivity index (χ1n) is 6.74. The summed E-state index contributed by atoms with van der Waals surface area (Å²) < 4.78 is 6.46. The Morgan fingerprint density at radius 1 is 1.36 bits per heavy atom. The van der Waals surface area contributed by atoms with E-state index in [4.69, 9.17) is 0 Å². The van der Waals surface area contributed by atoms with E-state index in [0.717, 1.165) is 6.54 Å². The fraction of sp³-hybridized carbons (Fsp3) is 0.286. The molecule has 0 spiro atoms. The summed E-state index contributed by atoms with van der Waals surface area (Å²) in [5.41, 5.74) is 0.864. The van der Waals surface area contributed by atoms with Crippen LogP contribution in [0.3, 0.4) is 0 Å². The number of urea groups is 1. The van der Waals surface area contributed by atoms with E-state index >= 15 is 0 Å². The molecule has 0 aliphatic heterocycles. The monoisotopic (exact) mass is 303 g/mol. The Morgan fingerprint density at radius 3 is 2.91 bits per heavy atom. The Kier molecular flexibility index (Phi) is 5.07. The Hall–Kier alpha value is -2.90. The van der Waals surface area contributed by atoms with Gasteiger partial charge in [-0.25, -0.2) is 9.59 Å². The lowest BCUT2D eigenvalue weighted by Gasteiger charge is -2.08. The van der Waals surface area contributed by atoms with Crippen molar-refractivity contribution in [2.24, 2.45) is 0 Å². The van der Waals surface area contributed by atoms with Gasteiger partial charge in [-0.15, -0.1) is 10.2 Å². The van der Waals surface area contributed by atoms with Crippen molar-refractivity contribution in [1.29, 1.82) is 0 Å². The molecule has 2 amide bonds. The molecule has 116 valence electrons. The number of nitrogens with one attached hydrogen (secondary N) is 2. The number of ether oxygens (including phenoxy) is 1. The highest BCUT2D eigenvalue weighted by atomic mass is 16.5. The van der Waals surface area contributed by atoms with E-state index < -0.39 is 12.0 Å². The highest BCUT2D eigenvalue weighted by Crippen LogP contribution is 2.11. The molecule has 0 bridgehead atoms. The fourth-order valence-electron chi connectivity index (χ4n) is 1.86. The Morgan fingerprint density at radius 2 is 2.18 bits per heavy atom. The number of carbonyl (C=O) groups excluding carboxylic acids is 2. The Bertz CT molecular complexity index is 668. The summed E-state index contributed by atoms with van der Waals surface area (Å²) in [5, 5.41) is 13.0. The van der Waals surface area contributed by atoms with Crippen molar-refractivity contribution in [3.63, 3.8) is 0 Å². The number of amides is 2. The molecule has 0 saturated heterocycles. The van der Waals surface area contributed by atoms with Gasteiger partial charge in [0.1, 0.15) is 6.33 Å². The van der Waals surface area contributed by atoms with E-state index in [2.05, 4.69) is 25.6 Å². The molecule has 0 unspecified atom stereocenters. The first kappa shape index (κ1) is 15.5. The summed E-state index contributed by atoms with van der Waals surface area (Å²) in [6, 6.07) is 6.10. The number of hydrogen-bond donors (Lipinski definition) is 2. The van der Waals surface area contributed by atoms with Crippen LogP contribution in [0.4, 0.5) is 10.5 Å². The van der Waals surface area contributed by atoms with E-state index in [0.29, 0.717) is 17.1 Å². The van der Waals surface area contributed by atoms with Crippen molar-refractivity contribution in [2.45, 2.75) is 20.0 Å². The molecule has 0 atom stereocenters. The zero-order valence-corrected chi connectivity index (χ0v) is 12.4. The van der Waals surface area contributed by atoms with Crippen molar-refractivity contribution in [3.05, 3.63) is 42.0 Å². The third kappa shape index (κ3) is 3.81. The van der Waals surface area contributed by atoms with E-state index in [1.54, 1.807) is 30.6 Å². The average molecular weight is 303 g/mol. The molecule has 1 aromatic carbocycles. The number of carbonyl (C=O) groups is 2. The van der Waals surface area contributed by atoms with Gasteiger partial charge in [-0.2, -0.15) is 0 Å². The zero-order chi connectivity index (χ0) is 15.9. The zero-order valence-electron chi connectivity index (χ0n) is 12.4. The Balaban J connectivity index is 1.93. The second-order valence-corrected chi connectivity index (χ2v) is 4.41. The number of aryl methyl sites for hydroxylation is 1. The number of anilines is 1. The fourth-order valence-corrected chi connectivity index (χ4v) is 1.86. The normalized spacial score (nSPS) is 10.1. The van der Waals surface area contributed by atoms with Crippen molar-refractivity contribution >= 4 is 17.7 Å². The smallest absolute Gasteiger partial charge is 0.337 e. The molecular formula is C14H17N5O3. The maximum atomic E-state index is 11.9. The van der Waals surface area contributed by atoms with Crippen LogP contribution in [-0.2, 0) is 17.8 Å². The average Bonchev–Trinajstić information content (AvgIpc) is 3.00. The van der Waals surface area contributed by atoms with Crippen LogP contribution >= 0.6 is 0 Å². The molecule has 1 heterocycles. The minimum absolute atomic E-state index is 0.260. The van der Waals surface area contributed by atoms with Crippen LogP contribution in [0.15, 0.2) is 30.6 Å². The summed E-state index contributed by atoms with van der Waals surface area (Å²) in [6.07, 6.45) is 1.61. The van der Waals surface area contributed by atoms with E-state index in [9.17, 15) is 9.59 Å². The molecule has 0 aliphatic rings. The van der Waals surface area contributed by atoms with Crippen molar-refractivity contribution in [2.75, 3.05) is 12.4 Å². The lowest BCUT2D eigenvalue weighted by Crippen LogP contribution is -2.29. The maximum Gasteiger partial charge on any atom is 0.337 e. The Labute approximate surface area is 127 Å². The van der Waals surface area contributed by atoms with Gasteiger partial charge in [0.2, 0.25) is 0 Å². The van der Waals surface area contributed by atoms with Gasteiger partial charge in [0.05, 0.1) is 19.2 Å². The number of hydrogen-bond acceptors (Lipinski definition) is 5. The van der Waals surface area contributed by atoms with Crippen LogP contribution in [0.2, 0.25) is 0 Å². The van der Waals surface area contributed by atoms with E-state index in [-0.39, 0.29) is 6.54 Å². The number of aromatic nitrogens is 3. The summed E-state index contributed by atoms with van der Waals surface area (Å²) in [5.74, 6) is 0.209. The van der Waals surface area contributed by atoms with Crippen LogP contribution < -0.4 is 10.6 Å². The molecule has 2 rings (SSSR count). The van der Waals surface area contributed by atoms with Gasteiger partial charge in [0, 0.05) is 12.2 Å². The molecule has 2 N–H and O–H groups in total. The van der Waals surface area contributed by atoms with E-state index in [1.165, 1.54) is 7.11 Å². The third-order valence-electron chi connectivity index (χ3n) is 2.99. The lowest BCUT2D eigenvalue weighted by atomic mass is 10.2. The van der Waals surface area contributed by atoms with Gasteiger partial charge in [-0.05, 0) is 25.1 Å². The van der Waals surface area contributed by atoms with Gasteiger partial charge in [0.15, 0.2) is 5.82 Å². The molecule has 0 aliphatic carbocycles. The largest absolute Gasteiger partial charge is 0.465 e. The van der Waals surface area contributed by atoms with Crippen LogP contribution in [0.5, 0.6) is 0 Å². The summed E-state index contributed by atoms with van der Waals surface area (Å²) in [4.78, 5) is 23.3. The standard InChI is InChI=1S/C14H17N5O3/c1-3-19-9-16-18-12(19)8-15-14(21)17-11-6-4-5-10(7-11)13(20)22-2/h4-7,9H,3,8H2,1-2H3,(H2,15,17,21). The lowest BCUT2D eigenvalue weighted by molar-refractivity contribution is 0.0600. The highest BCUT2D eigenvalue weighted by Gasteiger charge is 2.09. The minimum Gasteiger partial charge on any atom is -0.465 e. The van der Waals surface area contributed by atoms with Crippen LogP contribution in [-0.4, -0.2) is 33.9 Å². The molecule has 2 aromatic rings. The summed E-state index contributed by atoms with van der Waals surface area (Å²) in [6.45, 7) is 2.95. The van der Waals surface area contributed by atoms with Crippen molar-refractivity contribution in [1.82, 2.24) is 20.1 Å². The molecule has 0 radical (unpaired) electrons. The number of esters is 1. The topological polar surface area (TPSA) is 98.1 Å². The SMILES string of the molecule is CCn1cnnc1CNC(=O)Nc1cccc(C(=O)OC)c1. The summed E-state index contributed by atoms with van der Waals surface area (Å²) in [7, 11) is 1.30. The predicted molar refractivity (Wildman–Crippen MR) is 79.3 cm³/mol. The number of methoxy groups -OCH3 is 1. The van der Waals surface area contributed by atoms with E-state index in [1.807, 2.05) is 11.5 Å².